The average Bonchev–Trinajstić information content (AvgIpc) is 2.04. The van der Waals surface area contributed by atoms with Crippen LogP contribution in [0.5, 0.6) is 0 Å². The number of hydrogen-bond acceptors (Lipinski definition) is 4. The van der Waals surface area contributed by atoms with Crippen LogP contribution in [-0.2, 0) is 14.3 Å². The van der Waals surface area contributed by atoms with Crippen LogP contribution in [-0.4, -0.2) is 44.6 Å². The molecule has 13 heavy (non-hydrogen) atoms. The summed E-state index contributed by atoms with van der Waals surface area (Å²) in [6.07, 6.45) is 0.651. The third-order valence-corrected chi connectivity index (χ3v) is 1.81. The van der Waals surface area contributed by atoms with Gasteiger partial charge < -0.3 is 14.3 Å². The molecule has 4 nitrogen and oxygen atoms in total. The van der Waals surface area contributed by atoms with Crippen LogP contribution in [0.3, 0.4) is 0 Å². The van der Waals surface area contributed by atoms with Crippen molar-refractivity contribution < 1.29 is 14.3 Å². The van der Waals surface area contributed by atoms with E-state index in [0.717, 1.165) is 0 Å². The number of methoxy groups -OCH3 is 1. The maximum atomic E-state index is 11.3. The molecule has 0 heterocycles. The Balaban J connectivity index is 4.40. The monoisotopic (exact) mass is 184 g/mol. The molecule has 0 aromatic heterocycles. The zero-order chi connectivity index (χ0) is 10.4. The van der Waals surface area contributed by atoms with Crippen LogP contribution in [0.4, 0.5) is 0 Å². The molecule has 0 aliphatic carbocycles. The van der Waals surface area contributed by atoms with E-state index >= 15 is 0 Å². The van der Waals surface area contributed by atoms with E-state index < -0.39 is 6.04 Å². The quantitative estimate of drug-likeness (QED) is 0.340. The second kappa shape index (κ2) is 5.75. The molecule has 0 fully saturated rings. The molecule has 0 N–H and O–H groups in total. The van der Waals surface area contributed by atoms with Gasteiger partial charge in [-0.15, -0.1) is 0 Å². The zero-order valence-electron chi connectivity index (χ0n) is 8.48. The Hall–Kier alpha value is -0.835. The molecule has 0 aromatic rings. The maximum Gasteiger partial charge on any atom is 0.322 e. The fourth-order valence-corrected chi connectivity index (χ4v) is 1.22. The minimum Gasteiger partial charge on any atom is -0.468 e. The van der Waals surface area contributed by atoms with E-state index in [0.29, 0.717) is 6.19 Å². The fraction of sp³-hybridized carbons (Fsp3) is 0.750. The molecule has 0 amide bonds. The standard InChI is InChI=1S/C8H15BNO3/c1-6(2)7(8(12)13-4)10(3)9-5-11/h5-7H,1-4H3/t7-/m0/s1. The van der Waals surface area contributed by atoms with Crippen molar-refractivity contribution in [3.63, 3.8) is 0 Å². The van der Waals surface area contributed by atoms with Gasteiger partial charge in [-0.2, -0.15) is 0 Å². The molecule has 0 unspecified atom stereocenters. The van der Waals surface area contributed by atoms with Crippen molar-refractivity contribution >= 4 is 19.6 Å². The van der Waals surface area contributed by atoms with E-state index in [1.165, 1.54) is 14.5 Å². The van der Waals surface area contributed by atoms with Gasteiger partial charge in [0.1, 0.15) is 6.04 Å². The molecule has 0 spiro atoms. The SMILES string of the molecule is COC(=O)[C@H](C(C)C)N(C)[B]C=O. The molecule has 0 saturated carbocycles. The highest BCUT2D eigenvalue weighted by atomic mass is 16.5. The highest BCUT2D eigenvalue weighted by Gasteiger charge is 2.27. The van der Waals surface area contributed by atoms with Gasteiger partial charge in [0.2, 0.25) is 0 Å². The topological polar surface area (TPSA) is 46.6 Å². The largest absolute Gasteiger partial charge is 0.468 e. The summed E-state index contributed by atoms with van der Waals surface area (Å²) in [5.41, 5.74) is 0. The van der Waals surface area contributed by atoms with Crippen LogP contribution >= 0.6 is 0 Å². The first-order valence-corrected chi connectivity index (χ1v) is 4.13. The number of carbonyl (C=O) groups is 2. The van der Waals surface area contributed by atoms with Gasteiger partial charge in [-0.05, 0) is 13.0 Å². The lowest BCUT2D eigenvalue weighted by Gasteiger charge is -2.26. The summed E-state index contributed by atoms with van der Waals surface area (Å²) in [4.78, 5) is 23.0. The number of hydrogen-bond donors (Lipinski definition) is 0. The van der Waals surface area contributed by atoms with Crippen LogP contribution in [0.1, 0.15) is 13.8 Å². The molecule has 0 aliphatic rings. The highest BCUT2D eigenvalue weighted by molar-refractivity contribution is 6.64. The third-order valence-electron chi connectivity index (χ3n) is 1.81. The predicted molar refractivity (Wildman–Crippen MR) is 50.9 cm³/mol. The normalized spacial score (nSPS) is 12.8. The van der Waals surface area contributed by atoms with Crippen molar-refractivity contribution in [2.24, 2.45) is 5.92 Å². The number of carbonyl (C=O) groups excluding carboxylic acids is 2. The van der Waals surface area contributed by atoms with Crippen LogP contribution in [0.15, 0.2) is 0 Å². The van der Waals surface area contributed by atoms with Gasteiger partial charge in [-0.25, -0.2) is 0 Å². The number of esters is 1. The van der Waals surface area contributed by atoms with Gasteiger partial charge in [-0.3, -0.25) is 4.79 Å². The molecule has 1 atom stereocenters. The third kappa shape index (κ3) is 3.59. The molecular weight excluding hydrogens is 169 g/mol. The highest BCUT2D eigenvalue weighted by Crippen LogP contribution is 2.09. The molecule has 0 aromatic carbocycles. The van der Waals surface area contributed by atoms with Crippen molar-refractivity contribution in [3.8, 4) is 0 Å². The lowest BCUT2D eigenvalue weighted by atomic mass is 9.89. The van der Waals surface area contributed by atoms with E-state index in [1.807, 2.05) is 13.8 Å². The van der Waals surface area contributed by atoms with Gasteiger partial charge in [0.25, 0.3) is 7.41 Å². The summed E-state index contributed by atoms with van der Waals surface area (Å²) in [6, 6.07) is -0.393. The van der Waals surface area contributed by atoms with Gasteiger partial charge in [0.05, 0.1) is 13.3 Å². The van der Waals surface area contributed by atoms with E-state index in [4.69, 9.17) is 0 Å². The smallest absolute Gasteiger partial charge is 0.322 e. The predicted octanol–water partition coefficient (Wildman–Crippen LogP) is -0.0748. The summed E-state index contributed by atoms with van der Waals surface area (Å²) in [7, 11) is 4.34. The minimum atomic E-state index is -0.393. The minimum absolute atomic E-state index is 0.105. The maximum absolute atomic E-state index is 11.3. The molecule has 0 saturated heterocycles. The molecule has 73 valence electrons. The van der Waals surface area contributed by atoms with Crippen molar-refractivity contribution in [2.45, 2.75) is 19.9 Å². The first kappa shape index (κ1) is 12.2. The molecule has 5 heteroatoms. The second-order valence-electron chi connectivity index (χ2n) is 3.16. The number of likely N-dealkylation sites (N-methyl/N-ethyl adjacent to an activating group) is 1. The summed E-state index contributed by atoms with van der Waals surface area (Å²) in [5, 5.41) is 0. The summed E-state index contributed by atoms with van der Waals surface area (Å²) < 4.78 is 4.62. The Bertz CT molecular complexity index is 184. The average molecular weight is 184 g/mol. The van der Waals surface area contributed by atoms with E-state index in [2.05, 4.69) is 4.74 Å². The number of nitrogens with zero attached hydrogens (tertiary/aromatic N) is 1. The number of rotatable bonds is 5. The van der Waals surface area contributed by atoms with Crippen molar-refractivity contribution in [2.75, 3.05) is 14.2 Å². The van der Waals surface area contributed by atoms with Gasteiger partial charge in [0, 0.05) is 0 Å². The first-order chi connectivity index (χ1) is 6.04. The lowest BCUT2D eigenvalue weighted by Crippen LogP contribution is -2.45. The van der Waals surface area contributed by atoms with Crippen LogP contribution in [0.25, 0.3) is 0 Å². The van der Waals surface area contributed by atoms with Crippen LogP contribution in [0, 0.1) is 5.92 Å². The molecule has 1 radical (unpaired) electrons. The van der Waals surface area contributed by atoms with Crippen molar-refractivity contribution in [3.05, 3.63) is 0 Å². The van der Waals surface area contributed by atoms with Gasteiger partial charge in [-0.1, -0.05) is 13.8 Å². The Morgan fingerprint density at radius 3 is 2.38 bits per heavy atom. The molecular formula is C8H15BNO3. The van der Waals surface area contributed by atoms with E-state index in [9.17, 15) is 9.59 Å². The Morgan fingerprint density at radius 1 is 1.54 bits per heavy atom. The van der Waals surface area contributed by atoms with Crippen LogP contribution < -0.4 is 0 Å². The Kier molecular flexibility index (Phi) is 5.38. The zero-order valence-corrected chi connectivity index (χ0v) is 8.48. The van der Waals surface area contributed by atoms with Gasteiger partial charge in [0.15, 0.2) is 0 Å². The van der Waals surface area contributed by atoms with Gasteiger partial charge >= 0.3 is 5.97 Å². The summed E-state index contributed by atoms with van der Waals surface area (Å²) in [5.74, 6) is -0.218. The van der Waals surface area contributed by atoms with Crippen LogP contribution in [0.2, 0.25) is 0 Å². The number of ether oxygens (including phenoxy) is 1. The van der Waals surface area contributed by atoms with Crippen molar-refractivity contribution in [1.82, 2.24) is 4.81 Å². The lowest BCUT2D eigenvalue weighted by molar-refractivity contribution is -0.146. The fourth-order valence-electron chi connectivity index (χ4n) is 1.22. The van der Waals surface area contributed by atoms with E-state index in [-0.39, 0.29) is 11.9 Å². The first-order valence-electron chi connectivity index (χ1n) is 4.13. The Morgan fingerprint density at radius 2 is 2.08 bits per heavy atom. The van der Waals surface area contributed by atoms with E-state index in [1.54, 1.807) is 11.9 Å². The molecule has 0 rings (SSSR count). The summed E-state index contributed by atoms with van der Waals surface area (Å²) in [6.45, 7) is 3.80. The summed E-state index contributed by atoms with van der Waals surface area (Å²) >= 11 is 0. The van der Waals surface area contributed by atoms with Crippen molar-refractivity contribution in [1.29, 1.82) is 0 Å². The molecule has 0 aliphatic heterocycles. The molecule has 0 bridgehead atoms. The Labute approximate surface area is 79.5 Å². The second-order valence-corrected chi connectivity index (χ2v) is 3.16.